The van der Waals surface area contributed by atoms with Crippen LogP contribution in [0.25, 0.3) is 0 Å². The molecule has 2 saturated heterocycles. The van der Waals surface area contributed by atoms with Gasteiger partial charge < -0.3 is 59.2 Å². The van der Waals surface area contributed by atoms with Gasteiger partial charge in [-0.05, 0) is 58.1 Å². The highest BCUT2D eigenvalue weighted by atomic mass is 16.7. The first-order chi connectivity index (χ1) is 24.0. The zero-order valence-electron chi connectivity index (χ0n) is 29.2. The van der Waals surface area contributed by atoms with E-state index in [1.807, 2.05) is 19.0 Å². The van der Waals surface area contributed by atoms with E-state index in [9.17, 15) is 45.0 Å². The standard InChI is InChI=1S/C36H45NO14/c1-7-36(46)13-22(50-23-11-18(37(4)5)34(15(3)49-23)51-24-12-21(40)30(41)14(2)48-24)25-16(29(36)35(45)47-6)10-17-26(32(25)43)33(44)28-20(39)9-8-19(38)27(28)31(17)42/h8-10,14-15,18,21-24,29-30,34,38-41,43,46H,7,11-13H2,1-6H3/t14?,15?,18?,21?,22-,23?,24?,29-,30?,34?,36+/m0/s1. The van der Waals surface area contributed by atoms with Gasteiger partial charge in [-0.3, -0.25) is 14.4 Å². The Morgan fingerprint density at radius 1 is 0.941 bits per heavy atom. The van der Waals surface area contributed by atoms with Gasteiger partial charge in [-0.25, -0.2) is 0 Å². The van der Waals surface area contributed by atoms with Crippen molar-refractivity contribution in [1.82, 2.24) is 4.90 Å². The summed E-state index contributed by atoms with van der Waals surface area (Å²) < 4.78 is 30.0. The van der Waals surface area contributed by atoms with Crippen LogP contribution in [0.4, 0.5) is 0 Å². The highest BCUT2D eigenvalue weighted by Gasteiger charge is 2.53. The molecule has 0 saturated carbocycles. The predicted molar refractivity (Wildman–Crippen MR) is 175 cm³/mol. The maximum Gasteiger partial charge on any atom is 0.316 e. The number of carbonyl (C=O) groups excluding carboxylic acids is 3. The zero-order chi connectivity index (χ0) is 37.3. The number of aromatic hydroxyl groups is 3. The number of benzene rings is 2. The van der Waals surface area contributed by atoms with Crippen molar-refractivity contribution < 1.29 is 68.7 Å². The molecule has 0 aromatic heterocycles. The Bertz CT molecular complexity index is 1720. The van der Waals surface area contributed by atoms with Crippen LogP contribution in [0.5, 0.6) is 17.2 Å². The van der Waals surface area contributed by atoms with Gasteiger partial charge in [-0.15, -0.1) is 0 Å². The molecular formula is C36H45NO14. The van der Waals surface area contributed by atoms with E-state index >= 15 is 0 Å². The molecule has 278 valence electrons. The normalized spacial score (nSPS) is 34.9. The minimum absolute atomic E-state index is 0.00137. The van der Waals surface area contributed by atoms with Crippen molar-refractivity contribution in [3.8, 4) is 17.2 Å². The molecule has 0 bridgehead atoms. The summed E-state index contributed by atoms with van der Waals surface area (Å²) in [5.41, 5.74) is -3.53. The van der Waals surface area contributed by atoms with Crippen molar-refractivity contribution in [1.29, 1.82) is 0 Å². The van der Waals surface area contributed by atoms with Gasteiger partial charge in [0, 0.05) is 36.4 Å². The third-order valence-electron chi connectivity index (χ3n) is 10.8. The third-order valence-corrected chi connectivity index (χ3v) is 10.8. The van der Waals surface area contributed by atoms with Crippen LogP contribution in [0, 0.1) is 0 Å². The lowest BCUT2D eigenvalue weighted by atomic mass is 9.67. The van der Waals surface area contributed by atoms with Crippen LogP contribution < -0.4 is 0 Å². The molecule has 2 aromatic rings. The monoisotopic (exact) mass is 715 g/mol. The lowest BCUT2D eigenvalue weighted by molar-refractivity contribution is -0.310. The fraction of sp³-hybridized carbons (Fsp3) is 0.583. The number of aliphatic hydroxyl groups is 3. The third kappa shape index (κ3) is 6.18. The van der Waals surface area contributed by atoms with Crippen LogP contribution in [0.1, 0.15) is 101 Å². The topological polar surface area (TPSA) is 222 Å². The van der Waals surface area contributed by atoms with Crippen molar-refractivity contribution in [2.75, 3.05) is 21.2 Å². The van der Waals surface area contributed by atoms with Crippen molar-refractivity contribution in [3.05, 3.63) is 51.6 Å². The molecule has 2 aliphatic carbocycles. The van der Waals surface area contributed by atoms with E-state index in [0.717, 1.165) is 19.2 Å². The van der Waals surface area contributed by atoms with Crippen LogP contribution >= 0.6 is 0 Å². The van der Waals surface area contributed by atoms with E-state index in [1.54, 1.807) is 20.8 Å². The van der Waals surface area contributed by atoms with Gasteiger partial charge in [0.25, 0.3) is 0 Å². The molecular weight excluding hydrogens is 670 g/mol. The second-order valence-electron chi connectivity index (χ2n) is 14.1. The van der Waals surface area contributed by atoms with Crippen molar-refractivity contribution in [2.24, 2.45) is 0 Å². The molecule has 2 fully saturated rings. The molecule has 0 amide bonds. The van der Waals surface area contributed by atoms with Gasteiger partial charge in [0.05, 0.1) is 53.8 Å². The summed E-state index contributed by atoms with van der Waals surface area (Å²) >= 11 is 0. The van der Waals surface area contributed by atoms with Gasteiger partial charge in [0.15, 0.2) is 18.4 Å². The maximum atomic E-state index is 13.9. The Hall–Kier alpha value is -3.67. The van der Waals surface area contributed by atoms with Gasteiger partial charge >= 0.3 is 5.97 Å². The van der Waals surface area contributed by atoms with Gasteiger partial charge in [0.2, 0.25) is 5.78 Å². The molecule has 6 N–H and O–H groups in total. The Morgan fingerprint density at radius 2 is 1.55 bits per heavy atom. The number of ether oxygens (including phenoxy) is 5. The second-order valence-corrected chi connectivity index (χ2v) is 14.1. The molecule has 6 rings (SSSR count). The summed E-state index contributed by atoms with van der Waals surface area (Å²) in [4.78, 5) is 42.9. The summed E-state index contributed by atoms with van der Waals surface area (Å²) in [7, 11) is 4.83. The van der Waals surface area contributed by atoms with Crippen LogP contribution in [-0.2, 0) is 28.5 Å². The summed E-state index contributed by atoms with van der Waals surface area (Å²) in [6.45, 7) is 5.08. The van der Waals surface area contributed by atoms with E-state index < -0.39 is 112 Å². The highest BCUT2D eigenvalue weighted by Crippen LogP contribution is 2.54. The number of esters is 1. The summed E-state index contributed by atoms with van der Waals surface area (Å²) in [6.07, 6.45) is -6.80. The number of nitrogens with zero attached hydrogens (tertiary/aromatic N) is 1. The molecule has 2 aliphatic heterocycles. The number of ketones is 2. The van der Waals surface area contributed by atoms with Crippen molar-refractivity contribution in [3.63, 3.8) is 0 Å². The van der Waals surface area contributed by atoms with Gasteiger partial charge in [-0.1, -0.05) is 6.92 Å². The maximum absolute atomic E-state index is 13.9. The van der Waals surface area contributed by atoms with Gasteiger partial charge in [-0.2, -0.15) is 0 Å². The number of hydrogen-bond acceptors (Lipinski definition) is 15. The molecule has 4 aliphatic rings. The summed E-state index contributed by atoms with van der Waals surface area (Å²) in [5, 5.41) is 65.4. The number of likely N-dealkylation sites (N-methyl/N-ethyl adjacent to an activating group) is 1. The predicted octanol–water partition coefficient (Wildman–Crippen LogP) is 1.74. The molecule has 2 heterocycles. The Labute approximate surface area is 294 Å². The molecule has 2 aromatic carbocycles. The first-order valence-electron chi connectivity index (χ1n) is 17.0. The Kier molecular flexibility index (Phi) is 9.97. The quantitative estimate of drug-likeness (QED) is 0.152. The molecule has 15 nitrogen and oxygen atoms in total. The fourth-order valence-electron chi connectivity index (χ4n) is 8.03. The van der Waals surface area contributed by atoms with E-state index in [0.29, 0.717) is 0 Å². The van der Waals surface area contributed by atoms with Crippen LogP contribution in [0.2, 0.25) is 0 Å². The molecule has 11 atom stereocenters. The molecule has 15 heteroatoms. The highest BCUT2D eigenvalue weighted by molar-refractivity contribution is 6.31. The Morgan fingerprint density at radius 3 is 2.14 bits per heavy atom. The minimum Gasteiger partial charge on any atom is -0.507 e. The lowest BCUT2D eigenvalue weighted by Gasteiger charge is -2.48. The van der Waals surface area contributed by atoms with Crippen LogP contribution in [-0.4, -0.2) is 129 Å². The summed E-state index contributed by atoms with van der Waals surface area (Å²) in [5.74, 6) is -5.85. The van der Waals surface area contributed by atoms with Crippen molar-refractivity contribution >= 4 is 17.5 Å². The molecule has 0 spiro atoms. The largest absolute Gasteiger partial charge is 0.507 e. The molecule has 51 heavy (non-hydrogen) atoms. The average molecular weight is 716 g/mol. The number of methoxy groups -OCH3 is 1. The number of fused-ring (bicyclic) bond motifs is 3. The number of hydrogen-bond donors (Lipinski definition) is 6. The van der Waals surface area contributed by atoms with E-state index in [-0.39, 0.29) is 48.4 Å². The number of rotatable bonds is 7. The second kappa shape index (κ2) is 13.7. The van der Waals surface area contributed by atoms with E-state index in [2.05, 4.69) is 0 Å². The lowest BCUT2D eigenvalue weighted by Crippen LogP contribution is -2.57. The van der Waals surface area contributed by atoms with E-state index in [1.165, 1.54) is 6.07 Å². The number of carbonyl (C=O) groups is 3. The first-order valence-corrected chi connectivity index (χ1v) is 17.0. The zero-order valence-corrected chi connectivity index (χ0v) is 29.2. The number of phenolic OH excluding ortho intramolecular Hbond substituents is 3. The first kappa shape index (κ1) is 37.1. The average Bonchev–Trinajstić information content (AvgIpc) is 3.07. The van der Waals surface area contributed by atoms with Gasteiger partial charge in [0.1, 0.15) is 35.4 Å². The number of phenols is 3. The minimum atomic E-state index is -1.79. The fourth-order valence-corrected chi connectivity index (χ4v) is 8.03. The smallest absolute Gasteiger partial charge is 0.316 e. The van der Waals surface area contributed by atoms with Crippen LogP contribution in [0.3, 0.4) is 0 Å². The Balaban J connectivity index is 1.39. The number of aliphatic hydroxyl groups excluding tert-OH is 2. The van der Waals surface area contributed by atoms with Crippen molar-refractivity contribution in [2.45, 2.75) is 113 Å². The SMILES string of the molecule is CC[C@@]1(O)C[C@H](OC2CC(N(C)C)C(OC3CC(O)C(O)C(C)O3)C(C)O2)c2c(cc3c(c2O)C(=O)c2c(O)ccc(O)c2C3=O)[C@H]1C(=O)OC. The molecule has 0 radical (unpaired) electrons. The molecule has 8 unspecified atom stereocenters. The summed E-state index contributed by atoms with van der Waals surface area (Å²) in [6, 6.07) is 3.04. The van der Waals surface area contributed by atoms with E-state index in [4.69, 9.17) is 23.7 Å². The van der Waals surface area contributed by atoms with Crippen LogP contribution in [0.15, 0.2) is 18.2 Å².